The summed E-state index contributed by atoms with van der Waals surface area (Å²) in [6.07, 6.45) is 1.48. The van der Waals surface area contributed by atoms with E-state index in [9.17, 15) is 4.79 Å². The number of aryl methyl sites for hydroxylation is 1. The number of carbonyl (C=O) groups is 1. The first-order chi connectivity index (χ1) is 12.4. The lowest BCUT2D eigenvalue weighted by molar-refractivity contribution is -0.123. The SMILES string of the molecule is COc1cc(OC)c(/C=N/NC(=O)COc2ccc(Cl)cc2C)cc1Br. The predicted molar refractivity (Wildman–Crippen MR) is 105 cm³/mol. The van der Waals surface area contributed by atoms with E-state index in [0.29, 0.717) is 27.8 Å². The molecule has 0 aromatic heterocycles. The molecule has 0 unspecified atom stereocenters. The number of halogens is 2. The van der Waals surface area contributed by atoms with Crippen LogP contribution in [0.4, 0.5) is 0 Å². The Morgan fingerprint density at radius 3 is 2.58 bits per heavy atom. The average molecular weight is 442 g/mol. The van der Waals surface area contributed by atoms with Gasteiger partial charge < -0.3 is 14.2 Å². The zero-order valence-corrected chi connectivity index (χ0v) is 16.8. The lowest BCUT2D eigenvalue weighted by Gasteiger charge is -2.10. The monoisotopic (exact) mass is 440 g/mol. The number of carbonyl (C=O) groups excluding carboxylic acids is 1. The molecule has 0 atom stereocenters. The molecule has 0 heterocycles. The Morgan fingerprint density at radius 2 is 1.92 bits per heavy atom. The van der Waals surface area contributed by atoms with E-state index in [1.54, 1.807) is 44.6 Å². The first-order valence-corrected chi connectivity index (χ1v) is 8.74. The van der Waals surface area contributed by atoms with Crippen molar-refractivity contribution in [2.75, 3.05) is 20.8 Å². The van der Waals surface area contributed by atoms with Crippen molar-refractivity contribution in [2.45, 2.75) is 6.92 Å². The molecular weight excluding hydrogens is 424 g/mol. The van der Waals surface area contributed by atoms with Gasteiger partial charge in [-0.25, -0.2) is 5.43 Å². The fourth-order valence-corrected chi connectivity index (χ4v) is 2.86. The van der Waals surface area contributed by atoms with Crippen LogP contribution in [0.2, 0.25) is 5.02 Å². The van der Waals surface area contributed by atoms with Crippen molar-refractivity contribution >= 4 is 39.7 Å². The lowest BCUT2D eigenvalue weighted by atomic mass is 10.2. The fraction of sp³-hybridized carbons (Fsp3) is 0.222. The summed E-state index contributed by atoms with van der Waals surface area (Å²) in [7, 11) is 3.11. The Bertz CT molecular complexity index is 827. The number of ether oxygens (including phenoxy) is 3. The number of nitrogens with one attached hydrogen (secondary N) is 1. The van der Waals surface area contributed by atoms with Crippen molar-refractivity contribution in [1.29, 1.82) is 0 Å². The van der Waals surface area contributed by atoms with Crippen LogP contribution in [0.1, 0.15) is 11.1 Å². The van der Waals surface area contributed by atoms with Crippen molar-refractivity contribution in [1.82, 2.24) is 5.43 Å². The summed E-state index contributed by atoms with van der Waals surface area (Å²) in [5.74, 6) is 1.40. The van der Waals surface area contributed by atoms with Gasteiger partial charge >= 0.3 is 0 Å². The normalized spacial score (nSPS) is 10.7. The van der Waals surface area contributed by atoms with Gasteiger partial charge in [0, 0.05) is 16.7 Å². The Labute approximate surface area is 165 Å². The second-order valence-electron chi connectivity index (χ2n) is 5.22. The number of nitrogens with zero attached hydrogens (tertiary/aromatic N) is 1. The molecule has 2 rings (SSSR count). The van der Waals surface area contributed by atoms with Crippen LogP contribution in [-0.2, 0) is 4.79 Å². The Hall–Kier alpha value is -2.25. The molecule has 0 spiro atoms. The smallest absolute Gasteiger partial charge is 0.277 e. The summed E-state index contributed by atoms with van der Waals surface area (Å²) in [4.78, 5) is 11.9. The van der Waals surface area contributed by atoms with Gasteiger partial charge in [-0.05, 0) is 52.7 Å². The lowest BCUT2D eigenvalue weighted by Crippen LogP contribution is -2.24. The summed E-state index contributed by atoms with van der Waals surface area (Å²) in [6, 6.07) is 8.68. The van der Waals surface area contributed by atoms with Gasteiger partial charge in [0.25, 0.3) is 5.91 Å². The minimum absolute atomic E-state index is 0.163. The van der Waals surface area contributed by atoms with Crippen molar-refractivity contribution in [3.8, 4) is 17.2 Å². The third kappa shape index (κ3) is 5.37. The van der Waals surface area contributed by atoms with Crippen LogP contribution in [0.15, 0.2) is 39.9 Å². The Morgan fingerprint density at radius 1 is 1.19 bits per heavy atom. The molecule has 0 saturated carbocycles. The van der Waals surface area contributed by atoms with E-state index in [-0.39, 0.29) is 12.5 Å². The maximum absolute atomic E-state index is 11.9. The molecule has 6 nitrogen and oxygen atoms in total. The summed E-state index contributed by atoms with van der Waals surface area (Å²) in [5, 5.41) is 4.54. The second kappa shape index (κ2) is 9.45. The summed E-state index contributed by atoms with van der Waals surface area (Å²) in [5.41, 5.74) is 3.93. The highest BCUT2D eigenvalue weighted by Crippen LogP contribution is 2.31. The first kappa shape index (κ1) is 20.1. The van der Waals surface area contributed by atoms with Gasteiger partial charge in [0.15, 0.2) is 6.61 Å². The number of hydrogen-bond donors (Lipinski definition) is 1. The van der Waals surface area contributed by atoms with Gasteiger partial charge in [0.1, 0.15) is 17.2 Å². The topological polar surface area (TPSA) is 69.2 Å². The fourth-order valence-electron chi connectivity index (χ4n) is 2.11. The molecule has 8 heteroatoms. The van der Waals surface area contributed by atoms with Gasteiger partial charge in [-0.3, -0.25) is 4.79 Å². The van der Waals surface area contributed by atoms with Crippen LogP contribution in [-0.4, -0.2) is 32.9 Å². The van der Waals surface area contributed by atoms with Crippen LogP contribution in [0.5, 0.6) is 17.2 Å². The summed E-state index contributed by atoms with van der Waals surface area (Å²) < 4.78 is 16.7. The molecule has 0 aliphatic carbocycles. The van der Waals surface area contributed by atoms with Crippen LogP contribution < -0.4 is 19.6 Å². The highest BCUT2D eigenvalue weighted by molar-refractivity contribution is 9.10. The maximum Gasteiger partial charge on any atom is 0.277 e. The molecule has 138 valence electrons. The van der Waals surface area contributed by atoms with E-state index in [1.165, 1.54) is 6.21 Å². The number of hydrazone groups is 1. The van der Waals surface area contributed by atoms with Gasteiger partial charge in [-0.2, -0.15) is 5.10 Å². The van der Waals surface area contributed by atoms with E-state index in [2.05, 4.69) is 26.5 Å². The molecular formula is C18H18BrClN2O4. The molecule has 1 N–H and O–H groups in total. The molecule has 0 aliphatic heterocycles. The molecule has 2 aromatic rings. The minimum Gasteiger partial charge on any atom is -0.496 e. The number of methoxy groups -OCH3 is 2. The number of hydrogen-bond acceptors (Lipinski definition) is 5. The van der Waals surface area contributed by atoms with Crippen molar-refractivity contribution in [2.24, 2.45) is 5.10 Å². The molecule has 0 bridgehead atoms. The van der Waals surface area contributed by atoms with Crippen LogP contribution in [0.3, 0.4) is 0 Å². The zero-order valence-electron chi connectivity index (χ0n) is 14.5. The zero-order chi connectivity index (χ0) is 19.1. The number of rotatable bonds is 7. The highest BCUT2D eigenvalue weighted by atomic mass is 79.9. The third-order valence-corrected chi connectivity index (χ3v) is 4.25. The van der Waals surface area contributed by atoms with E-state index >= 15 is 0 Å². The Balaban J connectivity index is 1.95. The summed E-state index contributed by atoms with van der Waals surface area (Å²) >= 11 is 9.28. The Kier molecular flexibility index (Phi) is 7.29. The van der Waals surface area contributed by atoms with Crippen LogP contribution in [0, 0.1) is 6.92 Å². The molecule has 0 radical (unpaired) electrons. The largest absolute Gasteiger partial charge is 0.496 e. The van der Waals surface area contributed by atoms with Crippen LogP contribution >= 0.6 is 27.5 Å². The molecule has 0 aliphatic rings. The quantitative estimate of drug-likeness (QED) is 0.522. The number of benzene rings is 2. The second-order valence-corrected chi connectivity index (χ2v) is 6.51. The van der Waals surface area contributed by atoms with Crippen molar-refractivity contribution in [3.05, 3.63) is 51.0 Å². The van der Waals surface area contributed by atoms with Crippen molar-refractivity contribution in [3.63, 3.8) is 0 Å². The van der Waals surface area contributed by atoms with Crippen LogP contribution in [0.25, 0.3) is 0 Å². The summed E-state index contributed by atoms with van der Waals surface area (Å²) in [6.45, 7) is 1.69. The van der Waals surface area contributed by atoms with E-state index in [0.717, 1.165) is 10.0 Å². The first-order valence-electron chi connectivity index (χ1n) is 7.57. The number of amides is 1. The van der Waals surface area contributed by atoms with Gasteiger partial charge in [-0.15, -0.1) is 0 Å². The average Bonchev–Trinajstić information content (AvgIpc) is 2.61. The van der Waals surface area contributed by atoms with Gasteiger partial charge in [0.2, 0.25) is 0 Å². The van der Waals surface area contributed by atoms with E-state index in [1.807, 2.05) is 6.92 Å². The standard InChI is InChI=1S/C18H18BrClN2O4/c1-11-6-13(20)4-5-15(11)26-10-18(23)22-21-9-12-7-14(19)17(25-3)8-16(12)24-2/h4-9H,10H2,1-3H3,(H,22,23)/b21-9+. The molecule has 1 amide bonds. The van der Waals surface area contributed by atoms with Gasteiger partial charge in [0.05, 0.1) is 24.9 Å². The van der Waals surface area contributed by atoms with Crippen molar-refractivity contribution < 1.29 is 19.0 Å². The molecule has 2 aromatic carbocycles. The predicted octanol–water partition coefficient (Wildman–Crippen LogP) is 3.96. The van der Waals surface area contributed by atoms with E-state index < -0.39 is 0 Å². The maximum atomic E-state index is 11.9. The molecule has 26 heavy (non-hydrogen) atoms. The molecule has 0 saturated heterocycles. The third-order valence-electron chi connectivity index (χ3n) is 3.39. The van der Waals surface area contributed by atoms with Gasteiger partial charge in [-0.1, -0.05) is 11.6 Å². The highest BCUT2D eigenvalue weighted by Gasteiger charge is 2.09. The molecule has 0 fully saturated rings. The van der Waals surface area contributed by atoms with E-state index in [4.69, 9.17) is 25.8 Å². The minimum atomic E-state index is -0.387.